The van der Waals surface area contributed by atoms with E-state index in [-0.39, 0.29) is 31.5 Å². The molecule has 4 amide bonds. The molecule has 4 fully saturated rings. The fraction of sp³-hybridized carbons (Fsp3) is 0.633. The molecule has 0 aromatic heterocycles. The number of piperazine rings is 1. The van der Waals surface area contributed by atoms with Crippen LogP contribution in [0.1, 0.15) is 45.7 Å². The van der Waals surface area contributed by atoms with Crippen LogP contribution in [0.3, 0.4) is 0 Å². The number of carbonyl (C=O) groups excluding carboxylic acids is 4. The fourth-order valence-electron chi connectivity index (χ4n) is 6.85. The van der Waals surface area contributed by atoms with Crippen molar-refractivity contribution < 1.29 is 46.6 Å². The zero-order valence-corrected chi connectivity index (χ0v) is 25.8. The minimum absolute atomic E-state index is 0.0643. The summed E-state index contributed by atoms with van der Waals surface area (Å²) in [6.45, 7) is 11.1. The van der Waals surface area contributed by atoms with Gasteiger partial charge in [0.25, 0.3) is 0 Å². The van der Waals surface area contributed by atoms with Gasteiger partial charge in [0.1, 0.15) is 12.2 Å². The first-order valence-electron chi connectivity index (χ1n) is 14.7. The molecule has 4 aliphatic rings. The van der Waals surface area contributed by atoms with Gasteiger partial charge in [0, 0.05) is 32.7 Å². The number of hydrogen-bond donors (Lipinski definition) is 0. The first-order chi connectivity index (χ1) is 20.9. The zero-order chi connectivity index (χ0) is 33.1. The van der Waals surface area contributed by atoms with E-state index in [0.29, 0.717) is 38.8 Å². The largest absolute Gasteiger partial charge is 0.448 e. The minimum atomic E-state index is -4.87. The maximum Gasteiger partial charge on any atom is 0.417 e. The fourth-order valence-corrected chi connectivity index (χ4v) is 6.85. The Hall–Kier alpha value is -3.90. The second-order valence-corrected chi connectivity index (χ2v) is 13.3. The first-order valence-corrected chi connectivity index (χ1v) is 14.7. The lowest BCUT2D eigenvalue weighted by Gasteiger charge is -2.44. The molecule has 45 heavy (non-hydrogen) atoms. The molecular formula is C30H36F3N5O7. The number of morpholine rings is 1. The number of nitrogens with zero attached hydrogens (tertiary/aromatic N) is 5. The molecule has 1 aromatic rings. The summed E-state index contributed by atoms with van der Waals surface area (Å²) in [5.74, 6) is -3.54. The first kappa shape index (κ1) is 32.5. The maximum absolute atomic E-state index is 13.7. The average Bonchev–Trinajstić information content (AvgIpc) is 3.31. The zero-order valence-electron chi connectivity index (χ0n) is 25.8. The van der Waals surface area contributed by atoms with Crippen LogP contribution in [0, 0.1) is 23.2 Å². The summed E-state index contributed by atoms with van der Waals surface area (Å²) >= 11 is 0. The molecule has 4 atom stereocenters. The van der Waals surface area contributed by atoms with Crippen LogP contribution in [0.15, 0.2) is 18.2 Å². The number of likely N-dealkylation sites (tertiary alicyclic amines) is 1. The summed E-state index contributed by atoms with van der Waals surface area (Å²) in [4.78, 5) is 58.6. The van der Waals surface area contributed by atoms with Crippen molar-refractivity contribution in [1.82, 2.24) is 14.7 Å². The van der Waals surface area contributed by atoms with Gasteiger partial charge in [-0.25, -0.2) is 14.5 Å². The Morgan fingerprint density at radius 2 is 1.56 bits per heavy atom. The number of hydrogen-bond acceptors (Lipinski definition) is 9. The van der Waals surface area contributed by atoms with Crippen molar-refractivity contribution in [2.75, 3.05) is 57.3 Å². The molecule has 0 aliphatic carbocycles. The molecule has 1 aromatic carbocycles. The molecule has 244 valence electrons. The molecule has 4 heterocycles. The number of imide groups is 1. The highest BCUT2D eigenvalue weighted by Gasteiger charge is 2.72. The summed E-state index contributed by atoms with van der Waals surface area (Å²) < 4.78 is 58.0. The second-order valence-electron chi connectivity index (χ2n) is 13.3. The monoisotopic (exact) mass is 635 g/mol. The molecule has 0 radical (unpaired) electrons. The van der Waals surface area contributed by atoms with Gasteiger partial charge in [-0.15, -0.1) is 0 Å². The van der Waals surface area contributed by atoms with E-state index in [0.717, 1.165) is 17.0 Å². The van der Waals surface area contributed by atoms with Gasteiger partial charge >= 0.3 is 18.4 Å². The quantitative estimate of drug-likeness (QED) is 0.458. The molecule has 12 nitrogen and oxygen atoms in total. The highest BCUT2D eigenvalue weighted by atomic mass is 19.4. The second kappa shape index (κ2) is 11.2. The third-order valence-electron chi connectivity index (χ3n) is 8.70. The van der Waals surface area contributed by atoms with Crippen LogP contribution in [0.25, 0.3) is 0 Å². The number of anilines is 1. The number of halogens is 3. The van der Waals surface area contributed by atoms with E-state index >= 15 is 0 Å². The van der Waals surface area contributed by atoms with Crippen LogP contribution >= 0.6 is 0 Å². The Balaban J connectivity index is 1.21. The molecule has 5 rings (SSSR count). The van der Waals surface area contributed by atoms with Crippen LogP contribution in [0.2, 0.25) is 0 Å². The van der Waals surface area contributed by atoms with Crippen LogP contribution in [-0.2, 0) is 30.0 Å². The third-order valence-corrected chi connectivity index (χ3v) is 8.70. The van der Waals surface area contributed by atoms with E-state index in [4.69, 9.17) is 19.5 Å². The number of ether oxygens (including phenoxy) is 3. The molecule has 0 spiro atoms. The molecule has 0 saturated carbocycles. The highest BCUT2D eigenvalue weighted by Crippen LogP contribution is 2.55. The standard InChI is InChI=1S/C30H36F3N5O7/c1-27(2,3)44-26(42)36-10-8-35(9-11-36)12-13-43-25(41)37-16-28(4)21-22(29(5,17-37)45-28)24(40)38(23(21)39)19-7-6-18(15-34)20(14-19)30(31,32)33/h6-7,14,21-22H,8-13,16-17H2,1-5H3/t21-,22+,28-,29+. The van der Waals surface area contributed by atoms with Crippen molar-refractivity contribution in [3.05, 3.63) is 29.3 Å². The van der Waals surface area contributed by atoms with Crippen LogP contribution in [0.4, 0.5) is 28.4 Å². The predicted octanol–water partition coefficient (Wildman–Crippen LogP) is 3.24. The number of amides is 4. The lowest BCUT2D eigenvalue weighted by molar-refractivity contribution is -0.164. The Bertz CT molecular complexity index is 1410. The number of nitriles is 1. The van der Waals surface area contributed by atoms with Crippen LogP contribution in [-0.4, -0.2) is 108 Å². The SMILES string of the molecule is CC(C)(C)OC(=O)N1CCN(CCOC(=O)N2C[C@@]3(C)O[C@@](C)(C2)[C@@H]2C(=O)N(c4ccc(C#N)c(C(F)(F)F)c4)C(=O)[C@@H]23)CC1. The Morgan fingerprint density at radius 1 is 0.978 bits per heavy atom. The van der Waals surface area contributed by atoms with Gasteiger partial charge in [-0.05, 0) is 52.8 Å². The number of rotatable bonds is 4. The van der Waals surface area contributed by atoms with Crippen molar-refractivity contribution in [3.8, 4) is 6.07 Å². The Labute approximate surface area is 258 Å². The van der Waals surface area contributed by atoms with Gasteiger partial charge in [0.2, 0.25) is 11.8 Å². The van der Waals surface area contributed by atoms with Crippen molar-refractivity contribution >= 4 is 29.7 Å². The van der Waals surface area contributed by atoms with Crippen molar-refractivity contribution in [2.45, 2.75) is 57.6 Å². The summed E-state index contributed by atoms with van der Waals surface area (Å²) in [7, 11) is 0. The number of benzene rings is 1. The van der Waals surface area contributed by atoms with E-state index in [1.54, 1.807) is 39.5 Å². The summed E-state index contributed by atoms with van der Waals surface area (Å²) in [5, 5.41) is 9.12. The summed E-state index contributed by atoms with van der Waals surface area (Å²) in [6, 6.07) is 4.21. The lowest BCUT2D eigenvalue weighted by Crippen LogP contribution is -2.59. The average molecular weight is 636 g/mol. The number of alkyl halides is 3. The van der Waals surface area contributed by atoms with Gasteiger partial charge < -0.3 is 24.0 Å². The van der Waals surface area contributed by atoms with Crippen LogP contribution in [0.5, 0.6) is 0 Å². The lowest BCUT2D eigenvalue weighted by atomic mass is 9.79. The van der Waals surface area contributed by atoms with Gasteiger partial charge in [-0.1, -0.05) is 0 Å². The molecule has 4 saturated heterocycles. The van der Waals surface area contributed by atoms with Gasteiger partial charge in [-0.3, -0.25) is 14.5 Å². The van der Waals surface area contributed by atoms with E-state index in [1.165, 1.54) is 11.0 Å². The van der Waals surface area contributed by atoms with Crippen molar-refractivity contribution in [1.29, 1.82) is 5.26 Å². The molecule has 15 heteroatoms. The summed E-state index contributed by atoms with van der Waals surface area (Å²) in [5.41, 5.74) is -5.32. The van der Waals surface area contributed by atoms with Crippen LogP contribution < -0.4 is 4.90 Å². The predicted molar refractivity (Wildman–Crippen MR) is 151 cm³/mol. The minimum Gasteiger partial charge on any atom is -0.448 e. The van der Waals surface area contributed by atoms with Gasteiger partial charge in [0.05, 0.1) is 59.0 Å². The van der Waals surface area contributed by atoms with E-state index in [2.05, 4.69) is 4.90 Å². The number of fused-ring (bicyclic) bond motifs is 5. The van der Waals surface area contributed by atoms with E-state index in [9.17, 15) is 32.3 Å². The molecular weight excluding hydrogens is 599 g/mol. The Kier molecular flexibility index (Phi) is 8.06. The highest BCUT2D eigenvalue weighted by molar-refractivity contribution is 6.23. The maximum atomic E-state index is 13.7. The smallest absolute Gasteiger partial charge is 0.417 e. The molecule has 4 aliphatic heterocycles. The molecule has 2 bridgehead atoms. The van der Waals surface area contributed by atoms with Gasteiger partial charge in [-0.2, -0.15) is 18.4 Å². The van der Waals surface area contributed by atoms with Gasteiger partial charge in [0.15, 0.2) is 0 Å². The van der Waals surface area contributed by atoms with E-state index in [1.807, 2.05) is 0 Å². The summed E-state index contributed by atoms with van der Waals surface area (Å²) in [6.07, 6.45) is -5.87. The van der Waals surface area contributed by atoms with Crippen molar-refractivity contribution in [3.63, 3.8) is 0 Å². The number of carbonyl (C=O) groups is 4. The molecule has 0 N–H and O–H groups in total. The third kappa shape index (κ3) is 6.05. The Morgan fingerprint density at radius 3 is 2.07 bits per heavy atom. The van der Waals surface area contributed by atoms with E-state index < -0.39 is 63.8 Å². The molecule has 0 unspecified atom stereocenters. The van der Waals surface area contributed by atoms with Crippen molar-refractivity contribution in [2.24, 2.45) is 11.8 Å². The normalized spacial score (nSPS) is 28.6. The topological polar surface area (TPSA) is 133 Å².